The largest absolute Gasteiger partial charge is 0.411 e. The Labute approximate surface area is 114 Å². The minimum absolute atomic E-state index is 0.0560. The molecule has 0 aliphatic heterocycles. The van der Waals surface area contributed by atoms with Crippen molar-refractivity contribution in [2.24, 2.45) is 0 Å². The number of aromatic nitrogens is 1. The highest BCUT2D eigenvalue weighted by Gasteiger charge is 2.27. The fourth-order valence-electron chi connectivity index (χ4n) is 2.16. The predicted octanol–water partition coefficient (Wildman–Crippen LogP) is 3.10. The number of ether oxygens (including phenoxy) is 1. The number of rotatable bonds is 6. The van der Waals surface area contributed by atoms with Crippen LogP contribution >= 0.6 is 0 Å². The first-order chi connectivity index (χ1) is 9.51. The second-order valence-electron chi connectivity index (χ2n) is 4.54. The molecule has 0 bridgehead atoms. The van der Waals surface area contributed by atoms with Crippen molar-refractivity contribution in [1.29, 1.82) is 0 Å². The Bertz CT molecular complexity index is 563. The number of aryl methyl sites for hydroxylation is 1. The molecule has 1 N–H and O–H groups in total. The van der Waals surface area contributed by atoms with Gasteiger partial charge in [-0.2, -0.15) is 13.2 Å². The second kappa shape index (κ2) is 6.28. The SMILES string of the molecule is OCc1cn(CCCOCC(F)(F)F)c2ccccc12. The Morgan fingerprint density at radius 3 is 2.65 bits per heavy atom. The monoisotopic (exact) mass is 287 g/mol. The third kappa shape index (κ3) is 3.74. The summed E-state index contributed by atoms with van der Waals surface area (Å²) in [5, 5.41) is 10.2. The molecule has 2 rings (SSSR count). The smallest absolute Gasteiger partial charge is 0.392 e. The minimum atomic E-state index is -4.27. The standard InChI is InChI=1S/C14H16F3NO2/c15-14(16,17)10-20-7-3-6-18-8-11(9-19)12-4-1-2-5-13(12)18/h1-2,4-5,8,19H,3,6-7,9-10H2. The lowest BCUT2D eigenvalue weighted by molar-refractivity contribution is -0.174. The summed E-state index contributed by atoms with van der Waals surface area (Å²) in [5.41, 5.74) is 1.78. The molecular weight excluding hydrogens is 271 g/mol. The molecule has 0 aliphatic carbocycles. The van der Waals surface area contributed by atoms with Gasteiger partial charge in [0.2, 0.25) is 0 Å². The molecule has 0 saturated carbocycles. The summed E-state index contributed by atoms with van der Waals surface area (Å²) in [6, 6.07) is 7.61. The van der Waals surface area contributed by atoms with E-state index in [2.05, 4.69) is 4.74 Å². The molecule has 0 saturated heterocycles. The quantitative estimate of drug-likeness (QED) is 0.828. The molecule has 2 aromatic rings. The number of halogens is 3. The van der Waals surface area contributed by atoms with Crippen LogP contribution in [0.15, 0.2) is 30.5 Å². The lowest BCUT2D eigenvalue weighted by Crippen LogP contribution is -2.17. The van der Waals surface area contributed by atoms with Gasteiger partial charge in [0, 0.05) is 35.8 Å². The number of aliphatic hydroxyl groups is 1. The molecule has 1 aromatic carbocycles. The van der Waals surface area contributed by atoms with E-state index in [1.165, 1.54) is 0 Å². The topological polar surface area (TPSA) is 34.4 Å². The van der Waals surface area contributed by atoms with Crippen molar-refractivity contribution in [2.45, 2.75) is 25.7 Å². The minimum Gasteiger partial charge on any atom is -0.392 e. The third-order valence-corrected chi connectivity index (χ3v) is 2.99. The number of benzene rings is 1. The number of nitrogens with zero attached hydrogens (tertiary/aromatic N) is 1. The van der Waals surface area contributed by atoms with Gasteiger partial charge in [0.15, 0.2) is 0 Å². The highest BCUT2D eigenvalue weighted by Crippen LogP contribution is 2.21. The van der Waals surface area contributed by atoms with E-state index in [-0.39, 0.29) is 13.2 Å². The molecule has 1 heterocycles. The van der Waals surface area contributed by atoms with Crippen LogP contribution < -0.4 is 0 Å². The van der Waals surface area contributed by atoms with E-state index in [1.807, 2.05) is 35.0 Å². The van der Waals surface area contributed by atoms with Crippen molar-refractivity contribution in [3.63, 3.8) is 0 Å². The summed E-state index contributed by atoms with van der Waals surface area (Å²) >= 11 is 0. The molecule has 20 heavy (non-hydrogen) atoms. The number of fused-ring (bicyclic) bond motifs is 1. The molecule has 0 atom stereocenters. The van der Waals surface area contributed by atoms with E-state index in [4.69, 9.17) is 0 Å². The zero-order valence-corrected chi connectivity index (χ0v) is 10.9. The summed E-state index contributed by atoms with van der Waals surface area (Å²) in [7, 11) is 0. The van der Waals surface area contributed by atoms with Crippen molar-refractivity contribution in [2.75, 3.05) is 13.2 Å². The van der Waals surface area contributed by atoms with Gasteiger partial charge < -0.3 is 14.4 Å². The van der Waals surface area contributed by atoms with Crippen LogP contribution in [0.2, 0.25) is 0 Å². The Hall–Kier alpha value is -1.53. The predicted molar refractivity (Wildman–Crippen MR) is 69.4 cm³/mol. The molecule has 6 heteroatoms. The number of hydrogen-bond acceptors (Lipinski definition) is 2. The average Bonchev–Trinajstić information content (AvgIpc) is 2.76. The van der Waals surface area contributed by atoms with Crippen molar-refractivity contribution in [3.05, 3.63) is 36.0 Å². The highest BCUT2D eigenvalue weighted by molar-refractivity contribution is 5.83. The summed E-state index contributed by atoms with van der Waals surface area (Å²) in [5.74, 6) is 0. The maximum Gasteiger partial charge on any atom is 0.411 e. The van der Waals surface area contributed by atoms with Gasteiger partial charge in [0.05, 0.1) is 6.61 Å². The van der Waals surface area contributed by atoms with Gasteiger partial charge in [-0.05, 0) is 12.5 Å². The second-order valence-corrected chi connectivity index (χ2v) is 4.54. The molecule has 0 aliphatic rings. The van der Waals surface area contributed by atoms with Crippen LogP contribution in [0, 0.1) is 0 Å². The van der Waals surface area contributed by atoms with Crippen molar-refractivity contribution < 1.29 is 23.0 Å². The zero-order valence-electron chi connectivity index (χ0n) is 10.9. The van der Waals surface area contributed by atoms with Crippen molar-refractivity contribution in [3.8, 4) is 0 Å². The Morgan fingerprint density at radius 1 is 1.20 bits per heavy atom. The van der Waals surface area contributed by atoms with E-state index in [0.717, 1.165) is 16.5 Å². The first-order valence-corrected chi connectivity index (χ1v) is 6.33. The highest BCUT2D eigenvalue weighted by atomic mass is 19.4. The van der Waals surface area contributed by atoms with Crippen LogP contribution in [0.3, 0.4) is 0 Å². The maximum absolute atomic E-state index is 11.9. The summed E-state index contributed by atoms with van der Waals surface area (Å²) in [6.45, 7) is -0.655. The molecule has 0 unspecified atom stereocenters. The van der Waals surface area contributed by atoms with Crippen molar-refractivity contribution in [1.82, 2.24) is 4.57 Å². The van der Waals surface area contributed by atoms with E-state index in [1.54, 1.807) is 0 Å². The van der Waals surface area contributed by atoms with Crippen LogP contribution in [0.4, 0.5) is 13.2 Å². The molecule has 3 nitrogen and oxygen atoms in total. The molecular formula is C14H16F3NO2. The number of aliphatic hydroxyl groups excluding tert-OH is 1. The van der Waals surface area contributed by atoms with E-state index in [9.17, 15) is 18.3 Å². The fourth-order valence-corrected chi connectivity index (χ4v) is 2.16. The summed E-state index contributed by atoms with van der Waals surface area (Å²) < 4.78 is 42.2. The van der Waals surface area contributed by atoms with Gasteiger partial charge in [-0.1, -0.05) is 18.2 Å². The van der Waals surface area contributed by atoms with Gasteiger partial charge in [0.25, 0.3) is 0 Å². The first kappa shape index (κ1) is 14.9. The van der Waals surface area contributed by atoms with Gasteiger partial charge in [0.1, 0.15) is 6.61 Å². The van der Waals surface area contributed by atoms with E-state index >= 15 is 0 Å². The number of hydrogen-bond donors (Lipinski definition) is 1. The maximum atomic E-state index is 11.9. The fraction of sp³-hybridized carbons (Fsp3) is 0.429. The number of alkyl halides is 3. The Kier molecular flexibility index (Phi) is 4.67. The Balaban J connectivity index is 1.93. The normalized spacial score (nSPS) is 12.2. The lowest BCUT2D eigenvalue weighted by Gasteiger charge is -2.08. The van der Waals surface area contributed by atoms with E-state index in [0.29, 0.717) is 13.0 Å². The Morgan fingerprint density at radius 2 is 1.95 bits per heavy atom. The van der Waals surface area contributed by atoms with Gasteiger partial charge >= 0.3 is 6.18 Å². The third-order valence-electron chi connectivity index (χ3n) is 2.99. The molecule has 0 amide bonds. The molecule has 0 fully saturated rings. The van der Waals surface area contributed by atoms with Crippen molar-refractivity contribution >= 4 is 10.9 Å². The zero-order chi connectivity index (χ0) is 14.6. The van der Waals surface area contributed by atoms with Crippen LogP contribution in [0.25, 0.3) is 10.9 Å². The first-order valence-electron chi connectivity index (χ1n) is 6.33. The van der Waals surface area contributed by atoms with Gasteiger partial charge in [-0.15, -0.1) is 0 Å². The van der Waals surface area contributed by atoms with Crippen LogP contribution in [-0.2, 0) is 17.9 Å². The molecule has 0 spiro atoms. The van der Waals surface area contributed by atoms with E-state index < -0.39 is 12.8 Å². The van der Waals surface area contributed by atoms with Crippen LogP contribution in [0.1, 0.15) is 12.0 Å². The van der Waals surface area contributed by atoms with Crippen LogP contribution in [0.5, 0.6) is 0 Å². The van der Waals surface area contributed by atoms with Crippen LogP contribution in [-0.4, -0.2) is 29.1 Å². The lowest BCUT2D eigenvalue weighted by atomic mass is 10.2. The van der Waals surface area contributed by atoms with Gasteiger partial charge in [-0.25, -0.2) is 0 Å². The molecule has 0 radical (unpaired) electrons. The molecule has 110 valence electrons. The molecule has 1 aromatic heterocycles. The van der Waals surface area contributed by atoms with Gasteiger partial charge in [-0.3, -0.25) is 0 Å². The summed E-state index contributed by atoms with van der Waals surface area (Å²) in [4.78, 5) is 0. The average molecular weight is 287 g/mol. The summed E-state index contributed by atoms with van der Waals surface area (Å²) in [6.07, 6.45) is -1.96. The number of para-hydroxylation sites is 1.